The Kier molecular flexibility index (Phi) is 5.11. The first kappa shape index (κ1) is 16.9. The smallest absolute Gasteiger partial charge is 0.321 e. The molecule has 0 radical (unpaired) electrons. The summed E-state index contributed by atoms with van der Waals surface area (Å²) in [5.41, 5.74) is 1.74. The quantitative estimate of drug-likeness (QED) is 0.891. The van der Waals surface area contributed by atoms with E-state index >= 15 is 0 Å². The van der Waals surface area contributed by atoms with Gasteiger partial charge in [-0.15, -0.1) is 11.3 Å². The fraction of sp³-hybridized carbons (Fsp3) is 0.412. The molecule has 7 heteroatoms. The molecule has 0 aliphatic carbocycles. The van der Waals surface area contributed by atoms with E-state index in [2.05, 4.69) is 20.5 Å². The number of carbonyl (C=O) groups is 1. The largest absolute Gasteiger partial charge is 0.336 e. The highest BCUT2D eigenvalue weighted by molar-refractivity contribution is 7.15. The van der Waals surface area contributed by atoms with Gasteiger partial charge in [0, 0.05) is 42.5 Å². The summed E-state index contributed by atoms with van der Waals surface area (Å²) in [6.45, 7) is 5.97. The second kappa shape index (κ2) is 7.27. The number of aromatic nitrogens is 1. The monoisotopic (exact) mass is 348 g/mol. The summed E-state index contributed by atoms with van der Waals surface area (Å²) >= 11 is 1.49. The molecule has 0 saturated heterocycles. The molecule has 0 fully saturated rings. The number of hydrogen-bond acceptors (Lipinski definition) is 4. The van der Waals surface area contributed by atoms with Crippen molar-refractivity contribution in [3.05, 3.63) is 46.2 Å². The summed E-state index contributed by atoms with van der Waals surface area (Å²) in [4.78, 5) is 19.6. The molecule has 2 heterocycles. The first-order chi connectivity index (χ1) is 11.5. The molecule has 128 valence electrons. The van der Waals surface area contributed by atoms with Crippen LogP contribution in [0.3, 0.4) is 0 Å². The van der Waals surface area contributed by atoms with Crippen LogP contribution < -0.4 is 10.6 Å². The third-order valence-electron chi connectivity index (χ3n) is 3.80. The van der Waals surface area contributed by atoms with Crippen molar-refractivity contribution in [1.29, 1.82) is 0 Å². The van der Waals surface area contributed by atoms with E-state index in [1.165, 1.54) is 17.4 Å². The molecule has 2 aromatic rings. The Morgan fingerprint density at radius 3 is 2.96 bits per heavy atom. The highest BCUT2D eigenvalue weighted by Gasteiger charge is 2.22. The van der Waals surface area contributed by atoms with Gasteiger partial charge in [-0.05, 0) is 19.9 Å². The van der Waals surface area contributed by atoms with E-state index < -0.39 is 0 Å². The Balaban J connectivity index is 1.64. The van der Waals surface area contributed by atoms with Crippen LogP contribution in [0.1, 0.15) is 30.0 Å². The van der Waals surface area contributed by atoms with Crippen LogP contribution >= 0.6 is 11.3 Å². The van der Waals surface area contributed by atoms with Crippen LogP contribution in [0.25, 0.3) is 0 Å². The van der Waals surface area contributed by atoms with Crippen molar-refractivity contribution >= 4 is 22.5 Å². The lowest BCUT2D eigenvalue weighted by molar-refractivity contribution is 0.243. The number of hydrogen-bond donors (Lipinski definition) is 2. The van der Waals surface area contributed by atoms with Gasteiger partial charge < -0.3 is 5.32 Å². The average Bonchev–Trinajstić information content (AvgIpc) is 2.90. The summed E-state index contributed by atoms with van der Waals surface area (Å²) in [5, 5.41) is 6.18. The lowest BCUT2D eigenvalue weighted by Gasteiger charge is -2.25. The Morgan fingerprint density at radius 1 is 1.42 bits per heavy atom. The number of anilines is 1. The van der Waals surface area contributed by atoms with Gasteiger partial charge in [-0.3, -0.25) is 10.2 Å². The van der Waals surface area contributed by atoms with E-state index in [9.17, 15) is 9.18 Å². The van der Waals surface area contributed by atoms with Gasteiger partial charge in [-0.2, -0.15) is 0 Å². The summed E-state index contributed by atoms with van der Waals surface area (Å²) in [6.07, 6.45) is 0.813. The number of amides is 2. The van der Waals surface area contributed by atoms with Crippen LogP contribution in [-0.2, 0) is 19.5 Å². The molecule has 2 amide bonds. The van der Waals surface area contributed by atoms with Crippen LogP contribution in [0, 0.1) is 5.82 Å². The van der Waals surface area contributed by atoms with Crippen LogP contribution in [0.4, 0.5) is 14.3 Å². The Hall–Kier alpha value is -1.99. The highest BCUT2D eigenvalue weighted by atomic mass is 32.1. The van der Waals surface area contributed by atoms with Crippen molar-refractivity contribution in [2.45, 2.75) is 39.4 Å². The molecule has 0 spiro atoms. The third-order valence-corrected chi connectivity index (χ3v) is 4.80. The number of carbonyl (C=O) groups excluding carboxylic acids is 1. The molecular formula is C17H21FN4OS. The maximum atomic E-state index is 13.8. The van der Waals surface area contributed by atoms with E-state index in [1.807, 2.05) is 26.0 Å². The molecule has 0 saturated carbocycles. The maximum Gasteiger partial charge on any atom is 0.321 e. The van der Waals surface area contributed by atoms with Crippen molar-refractivity contribution < 1.29 is 9.18 Å². The van der Waals surface area contributed by atoms with Crippen molar-refractivity contribution in [2.75, 3.05) is 11.9 Å². The summed E-state index contributed by atoms with van der Waals surface area (Å²) in [5.74, 6) is -0.166. The average molecular weight is 348 g/mol. The minimum absolute atomic E-state index is 0.0795. The van der Waals surface area contributed by atoms with Gasteiger partial charge in [0.2, 0.25) is 0 Å². The summed E-state index contributed by atoms with van der Waals surface area (Å²) < 4.78 is 13.8. The summed E-state index contributed by atoms with van der Waals surface area (Å²) in [7, 11) is 0. The number of rotatable bonds is 4. The second-order valence-electron chi connectivity index (χ2n) is 6.19. The molecule has 24 heavy (non-hydrogen) atoms. The van der Waals surface area contributed by atoms with Gasteiger partial charge in [0.05, 0.1) is 5.69 Å². The lowest BCUT2D eigenvalue weighted by Crippen LogP contribution is -2.34. The first-order valence-corrected chi connectivity index (χ1v) is 8.85. The van der Waals surface area contributed by atoms with Gasteiger partial charge >= 0.3 is 6.03 Å². The lowest BCUT2D eigenvalue weighted by atomic mass is 10.1. The first-order valence-electron chi connectivity index (χ1n) is 8.03. The predicted molar refractivity (Wildman–Crippen MR) is 93.6 cm³/mol. The van der Waals surface area contributed by atoms with Crippen LogP contribution in [0.15, 0.2) is 24.3 Å². The van der Waals surface area contributed by atoms with Crippen LogP contribution in [-0.4, -0.2) is 28.5 Å². The fourth-order valence-electron chi connectivity index (χ4n) is 2.70. The number of halogens is 1. The number of fused-ring (bicyclic) bond motifs is 1. The van der Waals surface area contributed by atoms with Crippen molar-refractivity contribution in [2.24, 2.45) is 0 Å². The number of thiazole rings is 1. The van der Waals surface area contributed by atoms with Gasteiger partial charge in [0.1, 0.15) is 5.82 Å². The predicted octanol–water partition coefficient (Wildman–Crippen LogP) is 3.37. The van der Waals surface area contributed by atoms with E-state index in [4.69, 9.17) is 0 Å². The highest BCUT2D eigenvalue weighted by Crippen LogP contribution is 2.29. The van der Waals surface area contributed by atoms with E-state index in [1.54, 1.807) is 6.07 Å². The maximum absolute atomic E-state index is 13.8. The van der Waals surface area contributed by atoms with Gasteiger partial charge in [-0.25, -0.2) is 14.2 Å². The van der Waals surface area contributed by atoms with Crippen LogP contribution in [0.2, 0.25) is 0 Å². The number of nitrogens with one attached hydrogen (secondary N) is 2. The zero-order valence-corrected chi connectivity index (χ0v) is 14.6. The topological polar surface area (TPSA) is 57.3 Å². The van der Waals surface area contributed by atoms with E-state index in [0.717, 1.165) is 30.1 Å². The molecule has 1 aliphatic rings. The molecule has 1 aliphatic heterocycles. The van der Waals surface area contributed by atoms with Gasteiger partial charge in [0.25, 0.3) is 0 Å². The van der Waals surface area contributed by atoms with Gasteiger partial charge in [-0.1, -0.05) is 18.2 Å². The molecule has 0 atom stereocenters. The zero-order valence-electron chi connectivity index (χ0n) is 13.8. The van der Waals surface area contributed by atoms with Crippen molar-refractivity contribution in [3.63, 3.8) is 0 Å². The van der Waals surface area contributed by atoms with E-state index in [-0.39, 0.29) is 17.9 Å². The second-order valence-corrected chi connectivity index (χ2v) is 7.28. The SMILES string of the molecule is CC(C)NC(=O)Nc1nc2c(s1)CN(Cc1ccccc1F)CC2. The number of benzene rings is 1. The molecule has 1 aromatic heterocycles. The molecule has 1 aromatic carbocycles. The third kappa shape index (κ3) is 4.10. The minimum Gasteiger partial charge on any atom is -0.336 e. The Bertz CT molecular complexity index is 731. The standard InChI is InChI=1S/C17H21FN4OS/c1-11(2)19-16(23)21-17-20-14-7-8-22(10-15(14)24-17)9-12-5-3-4-6-13(12)18/h3-6,11H,7-10H2,1-2H3,(H2,19,20,21,23). The van der Waals surface area contributed by atoms with E-state index in [0.29, 0.717) is 17.2 Å². The Labute approximate surface area is 144 Å². The minimum atomic E-state index is -0.237. The normalized spacial score (nSPS) is 14.5. The molecular weight excluding hydrogens is 327 g/mol. The van der Waals surface area contributed by atoms with Crippen LogP contribution in [0.5, 0.6) is 0 Å². The van der Waals surface area contributed by atoms with Crippen molar-refractivity contribution in [1.82, 2.24) is 15.2 Å². The molecule has 3 rings (SSSR count). The number of nitrogens with zero attached hydrogens (tertiary/aromatic N) is 2. The summed E-state index contributed by atoms with van der Waals surface area (Å²) in [6, 6.07) is 6.72. The molecule has 0 bridgehead atoms. The molecule has 2 N–H and O–H groups in total. The fourth-order valence-corrected chi connectivity index (χ4v) is 3.75. The molecule has 0 unspecified atom stereocenters. The molecule has 5 nitrogen and oxygen atoms in total. The Morgan fingerprint density at radius 2 is 2.21 bits per heavy atom. The zero-order chi connectivity index (χ0) is 17.1. The van der Waals surface area contributed by atoms with Gasteiger partial charge in [0.15, 0.2) is 5.13 Å². The van der Waals surface area contributed by atoms with Crippen molar-refractivity contribution in [3.8, 4) is 0 Å². The number of urea groups is 1.